The number of amides is 1. The third-order valence-corrected chi connectivity index (χ3v) is 8.02. The topological polar surface area (TPSA) is 76.2 Å². The number of aryl methyl sites for hydroxylation is 2. The summed E-state index contributed by atoms with van der Waals surface area (Å²) in [7, 11) is -0.0271. The second-order valence-corrected chi connectivity index (χ2v) is 10.9. The van der Waals surface area contributed by atoms with Crippen LogP contribution in [-0.4, -0.2) is 70.1 Å². The Morgan fingerprint density at radius 2 is 1.59 bits per heavy atom. The minimum Gasteiger partial charge on any atom is -0.493 e. The molecule has 1 amide bonds. The molecule has 0 bridgehead atoms. The Kier molecular flexibility index (Phi) is 6.18. The molecule has 2 saturated heterocycles. The van der Waals surface area contributed by atoms with Crippen LogP contribution in [0.3, 0.4) is 0 Å². The van der Waals surface area contributed by atoms with Crippen molar-refractivity contribution in [1.82, 2.24) is 4.90 Å². The SMILES string of the molecule is COc1ccc(CCN2CC(=O)N(c3cc(C)cc(C)c3)[C@@H]3CS(=O)(=O)C[C@@H]32)cc1OC. The Balaban J connectivity index is 1.58. The van der Waals surface area contributed by atoms with Gasteiger partial charge in [-0.1, -0.05) is 12.1 Å². The molecule has 172 valence electrons. The molecule has 8 heteroatoms. The van der Waals surface area contributed by atoms with E-state index < -0.39 is 9.84 Å². The number of hydrogen-bond donors (Lipinski definition) is 0. The van der Waals surface area contributed by atoms with E-state index in [1.807, 2.05) is 49.1 Å². The van der Waals surface area contributed by atoms with Gasteiger partial charge in [-0.3, -0.25) is 9.69 Å². The molecule has 0 saturated carbocycles. The summed E-state index contributed by atoms with van der Waals surface area (Å²) in [4.78, 5) is 17.0. The smallest absolute Gasteiger partial charge is 0.241 e. The number of carbonyl (C=O) groups is 1. The van der Waals surface area contributed by atoms with Gasteiger partial charge in [0, 0.05) is 18.3 Å². The minimum absolute atomic E-state index is 0.00323. The third-order valence-electron chi connectivity index (χ3n) is 6.32. The van der Waals surface area contributed by atoms with Crippen molar-refractivity contribution in [2.45, 2.75) is 32.4 Å². The van der Waals surface area contributed by atoms with Crippen molar-refractivity contribution in [2.24, 2.45) is 0 Å². The molecular weight excluding hydrogens is 428 g/mol. The van der Waals surface area contributed by atoms with E-state index in [1.54, 1.807) is 19.1 Å². The number of nitrogens with zero attached hydrogens (tertiary/aromatic N) is 2. The largest absolute Gasteiger partial charge is 0.493 e. The summed E-state index contributed by atoms with van der Waals surface area (Å²) in [6, 6.07) is 11.2. The molecule has 2 atom stereocenters. The Morgan fingerprint density at radius 1 is 0.938 bits per heavy atom. The number of anilines is 1. The van der Waals surface area contributed by atoms with Crippen molar-refractivity contribution in [3.63, 3.8) is 0 Å². The fraction of sp³-hybridized carbons (Fsp3) is 0.458. The van der Waals surface area contributed by atoms with E-state index >= 15 is 0 Å². The van der Waals surface area contributed by atoms with E-state index in [0.717, 1.165) is 22.4 Å². The van der Waals surface area contributed by atoms with Crippen LogP contribution in [0.15, 0.2) is 36.4 Å². The molecule has 2 fully saturated rings. The maximum Gasteiger partial charge on any atom is 0.241 e. The molecule has 32 heavy (non-hydrogen) atoms. The predicted octanol–water partition coefficient (Wildman–Crippen LogP) is 2.38. The van der Waals surface area contributed by atoms with Gasteiger partial charge in [-0.05, 0) is 61.2 Å². The molecule has 2 aliphatic heterocycles. The van der Waals surface area contributed by atoms with Crippen LogP contribution in [0.25, 0.3) is 0 Å². The van der Waals surface area contributed by atoms with Crippen molar-refractivity contribution in [2.75, 3.05) is 43.7 Å². The first-order valence-electron chi connectivity index (χ1n) is 10.8. The predicted molar refractivity (Wildman–Crippen MR) is 124 cm³/mol. The highest BCUT2D eigenvalue weighted by atomic mass is 32.2. The van der Waals surface area contributed by atoms with Gasteiger partial charge in [-0.15, -0.1) is 0 Å². The molecule has 4 rings (SSSR count). The second kappa shape index (κ2) is 8.75. The van der Waals surface area contributed by atoms with Crippen LogP contribution in [-0.2, 0) is 21.1 Å². The van der Waals surface area contributed by atoms with Crippen LogP contribution in [0.2, 0.25) is 0 Å². The maximum absolute atomic E-state index is 13.2. The number of methoxy groups -OCH3 is 2. The highest BCUT2D eigenvalue weighted by Crippen LogP contribution is 2.33. The number of hydrogen-bond acceptors (Lipinski definition) is 6. The van der Waals surface area contributed by atoms with Crippen molar-refractivity contribution in [3.05, 3.63) is 53.1 Å². The zero-order valence-corrected chi connectivity index (χ0v) is 19.8. The molecule has 2 heterocycles. The van der Waals surface area contributed by atoms with E-state index in [1.165, 1.54) is 0 Å². The van der Waals surface area contributed by atoms with Gasteiger partial charge in [0.15, 0.2) is 21.3 Å². The van der Waals surface area contributed by atoms with E-state index in [9.17, 15) is 13.2 Å². The summed E-state index contributed by atoms with van der Waals surface area (Å²) in [5.74, 6) is 1.35. The second-order valence-electron chi connectivity index (χ2n) is 8.73. The van der Waals surface area contributed by atoms with Crippen molar-refractivity contribution in [1.29, 1.82) is 0 Å². The summed E-state index contributed by atoms with van der Waals surface area (Å²) < 4.78 is 35.9. The molecule has 0 N–H and O–H groups in total. The van der Waals surface area contributed by atoms with Crippen LogP contribution in [0.5, 0.6) is 11.5 Å². The summed E-state index contributed by atoms with van der Waals surface area (Å²) in [6.07, 6.45) is 0.681. The summed E-state index contributed by atoms with van der Waals surface area (Å²) >= 11 is 0. The maximum atomic E-state index is 13.2. The standard InChI is InChI=1S/C24H30N2O5S/c1-16-9-17(2)11-19(10-16)26-21-15-32(28,29)14-20(21)25(13-24(26)27)8-7-18-5-6-22(30-3)23(12-18)31-4/h5-6,9-12,20-21H,7-8,13-15H2,1-4H3/t20-,21+/m0/s1. The van der Waals surface area contributed by atoms with Crippen LogP contribution in [0, 0.1) is 13.8 Å². The van der Waals surface area contributed by atoms with Gasteiger partial charge in [0.2, 0.25) is 5.91 Å². The van der Waals surface area contributed by atoms with Gasteiger partial charge in [0.25, 0.3) is 0 Å². The van der Waals surface area contributed by atoms with E-state index in [2.05, 4.69) is 6.07 Å². The molecule has 2 aromatic rings. The fourth-order valence-corrected chi connectivity index (χ4v) is 6.92. The van der Waals surface area contributed by atoms with Crippen LogP contribution < -0.4 is 14.4 Å². The summed E-state index contributed by atoms with van der Waals surface area (Å²) in [5, 5.41) is 0. The third kappa shape index (κ3) is 4.47. The molecule has 7 nitrogen and oxygen atoms in total. The van der Waals surface area contributed by atoms with Crippen molar-refractivity contribution < 1.29 is 22.7 Å². The zero-order valence-electron chi connectivity index (χ0n) is 19.0. The van der Waals surface area contributed by atoms with Crippen molar-refractivity contribution >= 4 is 21.4 Å². The summed E-state index contributed by atoms with van der Waals surface area (Å²) in [5.41, 5.74) is 3.95. The molecular formula is C24H30N2O5S. The van der Waals surface area contributed by atoms with Crippen LogP contribution in [0.4, 0.5) is 5.69 Å². The van der Waals surface area contributed by atoms with Gasteiger partial charge in [0.1, 0.15) is 0 Å². The average Bonchev–Trinajstić information content (AvgIpc) is 3.05. The normalized spacial score (nSPS) is 22.6. The first-order valence-corrected chi connectivity index (χ1v) is 12.6. The lowest BCUT2D eigenvalue weighted by Crippen LogP contribution is -2.62. The molecule has 0 aliphatic carbocycles. The van der Waals surface area contributed by atoms with E-state index in [0.29, 0.717) is 24.5 Å². The summed E-state index contributed by atoms with van der Waals surface area (Å²) in [6.45, 7) is 4.78. The molecule has 0 aromatic heterocycles. The van der Waals surface area contributed by atoms with Crippen LogP contribution in [0.1, 0.15) is 16.7 Å². The van der Waals surface area contributed by atoms with Crippen LogP contribution >= 0.6 is 0 Å². The number of piperazine rings is 1. The molecule has 0 radical (unpaired) electrons. The number of benzene rings is 2. The van der Waals surface area contributed by atoms with Crippen molar-refractivity contribution in [3.8, 4) is 11.5 Å². The number of carbonyl (C=O) groups excluding carboxylic acids is 1. The highest BCUT2D eigenvalue weighted by Gasteiger charge is 2.49. The molecule has 0 spiro atoms. The first kappa shape index (κ1) is 22.6. The van der Waals surface area contributed by atoms with Gasteiger partial charge >= 0.3 is 0 Å². The molecule has 0 unspecified atom stereocenters. The average molecular weight is 459 g/mol. The lowest BCUT2D eigenvalue weighted by molar-refractivity contribution is -0.123. The Hall–Kier alpha value is -2.58. The quantitative estimate of drug-likeness (QED) is 0.662. The van der Waals surface area contributed by atoms with Gasteiger partial charge in [-0.2, -0.15) is 0 Å². The lowest BCUT2D eigenvalue weighted by atomic mass is 10.0. The van der Waals surface area contributed by atoms with Gasteiger partial charge < -0.3 is 14.4 Å². The number of ether oxygens (including phenoxy) is 2. The molecule has 2 aromatic carbocycles. The first-order chi connectivity index (χ1) is 15.2. The lowest BCUT2D eigenvalue weighted by Gasteiger charge is -2.43. The number of fused-ring (bicyclic) bond motifs is 1. The Bertz CT molecular complexity index is 1110. The number of rotatable bonds is 6. The van der Waals surface area contributed by atoms with Gasteiger partial charge in [-0.25, -0.2) is 8.42 Å². The number of sulfone groups is 1. The Labute approximate surface area is 189 Å². The fourth-order valence-electron chi connectivity index (χ4n) is 4.94. The van der Waals surface area contributed by atoms with Gasteiger partial charge in [0.05, 0.1) is 38.3 Å². The van der Waals surface area contributed by atoms with E-state index in [4.69, 9.17) is 9.47 Å². The monoisotopic (exact) mass is 458 g/mol. The van der Waals surface area contributed by atoms with E-state index in [-0.39, 0.29) is 36.0 Å². The Morgan fingerprint density at radius 3 is 2.25 bits per heavy atom. The minimum atomic E-state index is -3.22. The zero-order chi connectivity index (χ0) is 23.0. The molecule has 2 aliphatic rings. The highest BCUT2D eigenvalue weighted by molar-refractivity contribution is 7.91.